The lowest BCUT2D eigenvalue weighted by atomic mass is 10.1. The molecule has 0 fully saturated rings. The number of halogens is 1. The van der Waals surface area contributed by atoms with Gasteiger partial charge < -0.3 is 10.2 Å². The summed E-state index contributed by atoms with van der Waals surface area (Å²) in [4.78, 5) is 27.7. The molecule has 1 N–H and O–H groups in total. The fourth-order valence-corrected chi connectivity index (χ4v) is 4.46. The molecule has 0 aromatic heterocycles. The second-order valence-electron chi connectivity index (χ2n) is 8.12. The van der Waals surface area contributed by atoms with Gasteiger partial charge >= 0.3 is 0 Å². The van der Waals surface area contributed by atoms with Crippen molar-refractivity contribution in [1.82, 2.24) is 10.2 Å². The largest absolute Gasteiger partial charge is 0.354 e. The summed E-state index contributed by atoms with van der Waals surface area (Å²) in [6.07, 6.45) is 1.81. The predicted octanol–water partition coefficient (Wildman–Crippen LogP) is 3.67. The van der Waals surface area contributed by atoms with Crippen molar-refractivity contribution in [1.29, 1.82) is 0 Å². The summed E-state index contributed by atoms with van der Waals surface area (Å²) < 4.78 is 26.3. The minimum atomic E-state index is -3.80. The van der Waals surface area contributed by atoms with Crippen LogP contribution in [0, 0.1) is 13.8 Å². The second-order valence-corrected chi connectivity index (χ2v) is 10.5. The van der Waals surface area contributed by atoms with Crippen molar-refractivity contribution in [2.75, 3.05) is 23.7 Å². The first kappa shape index (κ1) is 26.7. The van der Waals surface area contributed by atoms with Crippen LogP contribution < -0.4 is 9.62 Å². The Morgan fingerprint density at radius 3 is 2.36 bits per heavy atom. The van der Waals surface area contributed by atoms with Gasteiger partial charge in [0.25, 0.3) is 0 Å². The maximum atomic E-state index is 13.5. The molecule has 0 aliphatic heterocycles. The lowest BCUT2D eigenvalue weighted by Gasteiger charge is -2.32. The molecule has 0 unspecified atom stereocenters. The van der Waals surface area contributed by atoms with E-state index in [-0.39, 0.29) is 12.5 Å². The van der Waals surface area contributed by atoms with Crippen LogP contribution in [0.15, 0.2) is 42.5 Å². The summed E-state index contributed by atoms with van der Waals surface area (Å²) >= 11 is 6.11. The molecule has 2 aromatic rings. The molecule has 2 aromatic carbocycles. The van der Waals surface area contributed by atoms with Crippen LogP contribution >= 0.6 is 11.6 Å². The molecule has 2 amide bonds. The van der Waals surface area contributed by atoms with Crippen molar-refractivity contribution in [3.63, 3.8) is 0 Å². The molecule has 9 heteroatoms. The van der Waals surface area contributed by atoms with Gasteiger partial charge in [0, 0.05) is 18.1 Å². The molecule has 7 nitrogen and oxygen atoms in total. The highest BCUT2D eigenvalue weighted by molar-refractivity contribution is 7.92. The Morgan fingerprint density at radius 2 is 1.76 bits per heavy atom. The number of aryl methyl sites for hydroxylation is 2. The van der Waals surface area contributed by atoms with Crippen molar-refractivity contribution in [3.05, 3.63) is 64.2 Å². The Hall–Kier alpha value is -2.58. The molecule has 1 atom stereocenters. The van der Waals surface area contributed by atoms with Gasteiger partial charge in [-0.2, -0.15) is 0 Å². The third-order valence-corrected chi connectivity index (χ3v) is 6.80. The van der Waals surface area contributed by atoms with E-state index >= 15 is 0 Å². The summed E-state index contributed by atoms with van der Waals surface area (Å²) in [6, 6.07) is 11.7. The van der Waals surface area contributed by atoms with Gasteiger partial charge in [0.2, 0.25) is 21.8 Å². The van der Waals surface area contributed by atoms with Gasteiger partial charge in [-0.25, -0.2) is 8.42 Å². The lowest BCUT2D eigenvalue weighted by Crippen LogP contribution is -2.51. The van der Waals surface area contributed by atoms with Crippen molar-refractivity contribution < 1.29 is 18.0 Å². The van der Waals surface area contributed by atoms with E-state index in [9.17, 15) is 18.0 Å². The van der Waals surface area contributed by atoms with E-state index < -0.39 is 28.5 Å². The number of carbonyl (C=O) groups is 2. The Morgan fingerprint density at radius 1 is 1.09 bits per heavy atom. The minimum absolute atomic E-state index is 0.179. The smallest absolute Gasteiger partial charge is 0.244 e. The summed E-state index contributed by atoms with van der Waals surface area (Å²) in [5, 5.41) is 3.18. The van der Waals surface area contributed by atoms with E-state index in [0.29, 0.717) is 22.8 Å². The number of nitrogens with zero attached hydrogens (tertiary/aromatic N) is 2. The number of amides is 2. The Bertz CT molecular complexity index is 1100. The van der Waals surface area contributed by atoms with E-state index in [1.807, 2.05) is 38.1 Å². The molecule has 0 bridgehead atoms. The van der Waals surface area contributed by atoms with Crippen LogP contribution in [-0.4, -0.2) is 50.5 Å². The van der Waals surface area contributed by atoms with E-state index in [1.165, 1.54) is 11.0 Å². The first-order valence-corrected chi connectivity index (χ1v) is 13.0. The number of carbonyl (C=O) groups excluding carboxylic acids is 2. The Kier molecular flexibility index (Phi) is 9.31. The van der Waals surface area contributed by atoms with Gasteiger partial charge in [-0.05, 0) is 56.0 Å². The van der Waals surface area contributed by atoms with Crippen molar-refractivity contribution in [2.45, 2.75) is 46.7 Å². The average Bonchev–Trinajstić information content (AvgIpc) is 2.75. The first-order chi connectivity index (χ1) is 15.5. The molecular formula is C24H32ClN3O4S. The highest BCUT2D eigenvalue weighted by Crippen LogP contribution is 2.27. The maximum Gasteiger partial charge on any atom is 0.244 e. The number of rotatable bonds is 10. The number of anilines is 1. The number of benzene rings is 2. The van der Waals surface area contributed by atoms with E-state index in [1.54, 1.807) is 26.0 Å². The van der Waals surface area contributed by atoms with Crippen LogP contribution in [0.1, 0.15) is 37.0 Å². The zero-order chi connectivity index (χ0) is 24.8. The van der Waals surface area contributed by atoms with E-state index in [0.717, 1.165) is 28.1 Å². The van der Waals surface area contributed by atoms with Gasteiger partial charge in [-0.3, -0.25) is 13.9 Å². The second kappa shape index (κ2) is 11.5. The number of hydrogen-bond donors (Lipinski definition) is 1. The normalized spacial score (nSPS) is 12.2. The van der Waals surface area contributed by atoms with E-state index in [2.05, 4.69) is 5.32 Å². The highest BCUT2D eigenvalue weighted by atomic mass is 35.5. The lowest BCUT2D eigenvalue weighted by molar-refractivity contribution is -0.139. The maximum absolute atomic E-state index is 13.5. The van der Waals surface area contributed by atoms with Gasteiger partial charge in [-0.15, -0.1) is 0 Å². The summed E-state index contributed by atoms with van der Waals surface area (Å²) in [5.41, 5.74) is 2.85. The number of nitrogens with one attached hydrogen (secondary N) is 1. The van der Waals surface area contributed by atoms with Gasteiger partial charge in [0.15, 0.2) is 0 Å². The molecular weight excluding hydrogens is 462 g/mol. The molecule has 2 rings (SSSR count). The molecule has 0 radical (unpaired) electrons. The van der Waals surface area contributed by atoms with Crippen molar-refractivity contribution >= 4 is 39.1 Å². The fraction of sp³-hybridized carbons (Fsp3) is 0.417. The highest BCUT2D eigenvalue weighted by Gasteiger charge is 2.30. The predicted molar refractivity (Wildman–Crippen MR) is 133 cm³/mol. The zero-order valence-corrected chi connectivity index (χ0v) is 21.3. The molecule has 0 heterocycles. The van der Waals surface area contributed by atoms with Crippen LogP contribution in [0.3, 0.4) is 0 Å². The van der Waals surface area contributed by atoms with Gasteiger partial charge in [0.05, 0.1) is 11.9 Å². The zero-order valence-electron chi connectivity index (χ0n) is 19.8. The Labute approximate surface area is 201 Å². The minimum Gasteiger partial charge on any atom is -0.354 e. The van der Waals surface area contributed by atoms with E-state index in [4.69, 9.17) is 11.6 Å². The molecule has 0 saturated carbocycles. The van der Waals surface area contributed by atoms with Crippen LogP contribution in [0.4, 0.5) is 5.69 Å². The van der Waals surface area contributed by atoms with Gasteiger partial charge in [0.1, 0.15) is 12.6 Å². The first-order valence-electron chi connectivity index (χ1n) is 10.8. The average molecular weight is 494 g/mol. The monoisotopic (exact) mass is 493 g/mol. The third kappa shape index (κ3) is 7.20. The molecule has 33 heavy (non-hydrogen) atoms. The summed E-state index contributed by atoms with van der Waals surface area (Å²) in [7, 11) is -3.80. The van der Waals surface area contributed by atoms with Crippen LogP contribution in [0.5, 0.6) is 0 Å². The topological polar surface area (TPSA) is 86.8 Å². The number of sulfonamides is 1. The molecule has 0 saturated heterocycles. The quantitative estimate of drug-likeness (QED) is 0.547. The SMILES string of the molecule is CCCNC(=O)[C@H](C)N(Cc1ccccc1C)C(=O)CN(c1cc(Cl)ccc1C)S(C)(=O)=O. The van der Waals surface area contributed by atoms with Crippen molar-refractivity contribution in [3.8, 4) is 0 Å². The fourth-order valence-electron chi connectivity index (χ4n) is 3.40. The third-order valence-electron chi connectivity index (χ3n) is 5.44. The Balaban J connectivity index is 2.43. The van der Waals surface area contributed by atoms with Crippen LogP contribution in [0.25, 0.3) is 0 Å². The summed E-state index contributed by atoms with van der Waals surface area (Å²) in [6.45, 7) is 7.50. The standard InChI is InChI=1S/C24H32ClN3O4S/c1-6-13-26-24(30)19(4)27(15-20-10-8-7-9-17(20)2)23(29)16-28(33(5,31)32)22-14-21(25)12-11-18(22)3/h7-12,14,19H,6,13,15-16H2,1-5H3,(H,26,30)/t19-/m0/s1. The summed E-state index contributed by atoms with van der Waals surface area (Å²) in [5.74, 6) is -0.772. The number of hydrogen-bond acceptors (Lipinski definition) is 4. The molecule has 0 aliphatic carbocycles. The van der Waals surface area contributed by atoms with Crippen LogP contribution in [-0.2, 0) is 26.2 Å². The van der Waals surface area contributed by atoms with Crippen LogP contribution in [0.2, 0.25) is 5.02 Å². The van der Waals surface area contributed by atoms with Gasteiger partial charge in [-0.1, -0.05) is 48.9 Å². The molecule has 180 valence electrons. The molecule has 0 spiro atoms. The molecule has 0 aliphatic rings. The van der Waals surface area contributed by atoms with Crippen molar-refractivity contribution in [2.24, 2.45) is 0 Å².